The average molecular weight is 465 g/mol. The van der Waals surface area contributed by atoms with E-state index in [0.29, 0.717) is 6.42 Å². The minimum Gasteiger partial charge on any atom is -0.481 e. The molecule has 3 unspecified atom stereocenters. The Kier molecular flexibility index (Phi) is 7.27. The fourth-order valence-corrected chi connectivity index (χ4v) is 4.58. The number of alkyl carbamates (subject to hydrolysis) is 1. The Morgan fingerprint density at radius 3 is 2.26 bits per heavy atom. The number of nitrogens with one attached hydrogen (secondary N) is 2. The van der Waals surface area contributed by atoms with Crippen LogP contribution in [0.2, 0.25) is 0 Å². The zero-order valence-electron chi connectivity index (χ0n) is 18.9. The lowest BCUT2D eigenvalue weighted by Crippen LogP contribution is -2.42. The Labute approximate surface area is 198 Å². The first-order valence-corrected chi connectivity index (χ1v) is 11.3. The van der Waals surface area contributed by atoms with Gasteiger partial charge >= 0.3 is 12.1 Å². The minimum atomic E-state index is -0.913. The summed E-state index contributed by atoms with van der Waals surface area (Å²) in [6.07, 6.45) is 2.50. The summed E-state index contributed by atoms with van der Waals surface area (Å²) < 4.78 is 10.8. The highest BCUT2D eigenvalue weighted by molar-refractivity contribution is 5.82. The van der Waals surface area contributed by atoms with Crippen molar-refractivity contribution < 1.29 is 29.0 Å². The Morgan fingerprint density at radius 1 is 1.03 bits per heavy atom. The lowest BCUT2D eigenvalue weighted by molar-refractivity contribution is -0.140. The maximum Gasteiger partial charge on any atom is 0.407 e. The smallest absolute Gasteiger partial charge is 0.407 e. The summed E-state index contributed by atoms with van der Waals surface area (Å²) >= 11 is 0. The second kappa shape index (κ2) is 10.5. The molecule has 3 atom stereocenters. The lowest BCUT2D eigenvalue weighted by atomic mass is 9.98. The van der Waals surface area contributed by atoms with E-state index >= 15 is 0 Å². The predicted octanol–water partition coefficient (Wildman–Crippen LogP) is 3.08. The Bertz CT molecular complexity index is 1050. The van der Waals surface area contributed by atoms with Gasteiger partial charge in [-0.1, -0.05) is 60.7 Å². The fraction of sp³-hybridized carbons (Fsp3) is 0.346. The number of amides is 2. The van der Waals surface area contributed by atoms with Crippen LogP contribution in [0.5, 0.6) is 0 Å². The molecule has 2 amide bonds. The third kappa shape index (κ3) is 5.12. The maximum absolute atomic E-state index is 12.5. The van der Waals surface area contributed by atoms with Crippen molar-refractivity contribution in [2.24, 2.45) is 5.92 Å². The fourth-order valence-electron chi connectivity index (χ4n) is 4.58. The Hall–Kier alpha value is -3.65. The molecule has 4 rings (SSSR count). The topological polar surface area (TPSA) is 114 Å². The van der Waals surface area contributed by atoms with Crippen LogP contribution in [0.4, 0.5) is 4.79 Å². The number of carbonyl (C=O) groups is 3. The summed E-state index contributed by atoms with van der Waals surface area (Å²) in [6.45, 7) is 0.410. The van der Waals surface area contributed by atoms with Crippen molar-refractivity contribution in [3.05, 3.63) is 71.8 Å². The molecule has 0 aromatic heterocycles. The number of aliphatic carboxylic acids is 1. The summed E-state index contributed by atoms with van der Waals surface area (Å²) in [7, 11) is 1.42. The van der Waals surface area contributed by atoms with Gasteiger partial charge in [0.05, 0.1) is 5.92 Å². The standard InChI is InChI=1S/C26H28N2O6/c1-33-23(24(29)28-17-11-10-16(14-17)25(30)31)12-13-27-26(32)34-15-22-20-8-4-2-6-18(20)19-7-3-5-9-21(19)22/h2-11,16-17,22-23H,12-15H2,1H3,(H,27,32)(H,28,29)(H,30,31). The van der Waals surface area contributed by atoms with Crippen molar-refractivity contribution in [2.75, 3.05) is 20.3 Å². The molecule has 3 N–H and O–H groups in total. The van der Waals surface area contributed by atoms with Gasteiger partial charge in [0.15, 0.2) is 0 Å². The van der Waals surface area contributed by atoms with Gasteiger partial charge in [0.1, 0.15) is 12.7 Å². The van der Waals surface area contributed by atoms with Gasteiger partial charge in [-0.3, -0.25) is 9.59 Å². The van der Waals surface area contributed by atoms with Gasteiger partial charge in [-0.2, -0.15) is 0 Å². The number of benzene rings is 2. The van der Waals surface area contributed by atoms with Crippen molar-refractivity contribution in [1.29, 1.82) is 0 Å². The van der Waals surface area contributed by atoms with Crippen LogP contribution >= 0.6 is 0 Å². The summed E-state index contributed by atoms with van der Waals surface area (Å²) in [5, 5.41) is 14.5. The number of carboxylic acids is 1. The van der Waals surface area contributed by atoms with E-state index < -0.39 is 24.1 Å². The average Bonchev–Trinajstić information content (AvgIpc) is 3.43. The molecule has 8 heteroatoms. The molecule has 0 saturated heterocycles. The molecule has 0 heterocycles. The van der Waals surface area contributed by atoms with Crippen LogP contribution in [0.15, 0.2) is 60.7 Å². The molecule has 0 radical (unpaired) electrons. The maximum atomic E-state index is 12.5. The molecule has 34 heavy (non-hydrogen) atoms. The number of carboxylic acid groups (broad SMARTS) is 1. The van der Waals surface area contributed by atoms with Crippen LogP contribution in [-0.2, 0) is 19.1 Å². The molecule has 2 aromatic rings. The van der Waals surface area contributed by atoms with E-state index in [1.54, 1.807) is 12.2 Å². The Balaban J connectivity index is 1.23. The molecule has 178 valence electrons. The zero-order chi connectivity index (χ0) is 24.1. The predicted molar refractivity (Wildman–Crippen MR) is 125 cm³/mol. The number of fused-ring (bicyclic) bond motifs is 3. The molecule has 2 aromatic carbocycles. The van der Waals surface area contributed by atoms with Gasteiger partial charge in [0.25, 0.3) is 0 Å². The molecular formula is C26H28N2O6. The van der Waals surface area contributed by atoms with E-state index in [-0.39, 0.29) is 37.4 Å². The third-order valence-corrected chi connectivity index (χ3v) is 6.32. The first kappa shape index (κ1) is 23.5. The molecule has 0 fully saturated rings. The van der Waals surface area contributed by atoms with Crippen molar-refractivity contribution in [3.8, 4) is 11.1 Å². The normalized spacial score (nSPS) is 19.2. The van der Waals surface area contributed by atoms with E-state index in [2.05, 4.69) is 34.9 Å². The number of hydrogen-bond acceptors (Lipinski definition) is 5. The second-order valence-electron chi connectivity index (χ2n) is 8.45. The quantitative estimate of drug-likeness (QED) is 0.492. The van der Waals surface area contributed by atoms with E-state index in [0.717, 1.165) is 22.3 Å². The summed E-state index contributed by atoms with van der Waals surface area (Å²) in [5.74, 6) is -1.88. The number of methoxy groups -OCH3 is 1. The zero-order valence-corrected chi connectivity index (χ0v) is 18.9. The van der Waals surface area contributed by atoms with Gasteiger partial charge in [0.2, 0.25) is 5.91 Å². The summed E-state index contributed by atoms with van der Waals surface area (Å²) in [4.78, 5) is 35.8. The van der Waals surface area contributed by atoms with Gasteiger partial charge in [-0.15, -0.1) is 0 Å². The van der Waals surface area contributed by atoms with E-state index in [9.17, 15) is 14.4 Å². The highest BCUT2D eigenvalue weighted by Crippen LogP contribution is 2.44. The molecule has 8 nitrogen and oxygen atoms in total. The molecule has 2 aliphatic rings. The number of ether oxygens (including phenoxy) is 2. The van der Waals surface area contributed by atoms with E-state index in [1.807, 2.05) is 24.3 Å². The largest absolute Gasteiger partial charge is 0.481 e. The van der Waals surface area contributed by atoms with Crippen LogP contribution in [0, 0.1) is 5.92 Å². The monoisotopic (exact) mass is 464 g/mol. The summed E-state index contributed by atoms with van der Waals surface area (Å²) in [6, 6.07) is 15.9. The number of carbonyl (C=O) groups excluding carboxylic acids is 2. The van der Waals surface area contributed by atoms with Crippen LogP contribution < -0.4 is 10.6 Å². The second-order valence-corrected chi connectivity index (χ2v) is 8.45. The molecule has 0 bridgehead atoms. The highest BCUT2D eigenvalue weighted by Gasteiger charge is 2.30. The molecular weight excluding hydrogens is 436 g/mol. The van der Waals surface area contributed by atoms with Crippen LogP contribution in [-0.4, -0.2) is 55.5 Å². The Morgan fingerprint density at radius 2 is 1.68 bits per heavy atom. The van der Waals surface area contributed by atoms with E-state index in [1.165, 1.54) is 7.11 Å². The van der Waals surface area contributed by atoms with Gasteiger partial charge < -0.3 is 25.2 Å². The summed E-state index contributed by atoms with van der Waals surface area (Å²) in [5.41, 5.74) is 4.60. The van der Waals surface area contributed by atoms with Crippen LogP contribution in [0.25, 0.3) is 11.1 Å². The minimum absolute atomic E-state index is 0.0234. The highest BCUT2D eigenvalue weighted by atomic mass is 16.5. The SMILES string of the molecule is COC(CCNC(=O)OCC1c2ccccc2-c2ccccc21)C(=O)NC1C=CC(C(=O)O)C1. The molecule has 2 aliphatic carbocycles. The molecule has 0 spiro atoms. The van der Waals surface area contributed by atoms with Crippen LogP contribution in [0.1, 0.15) is 29.9 Å². The van der Waals surface area contributed by atoms with Crippen molar-refractivity contribution in [1.82, 2.24) is 10.6 Å². The lowest BCUT2D eigenvalue weighted by Gasteiger charge is -2.19. The number of rotatable bonds is 9. The third-order valence-electron chi connectivity index (χ3n) is 6.32. The first-order valence-electron chi connectivity index (χ1n) is 11.3. The first-order chi connectivity index (χ1) is 16.5. The van der Waals surface area contributed by atoms with E-state index in [4.69, 9.17) is 14.6 Å². The van der Waals surface area contributed by atoms with Crippen molar-refractivity contribution >= 4 is 18.0 Å². The van der Waals surface area contributed by atoms with Crippen molar-refractivity contribution in [2.45, 2.75) is 30.9 Å². The van der Waals surface area contributed by atoms with Crippen LogP contribution in [0.3, 0.4) is 0 Å². The molecule has 0 aliphatic heterocycles. The van der Waals surface area contributed by atoms with Gasteiger partial charge in [0, 0.05) is 32.0 Å². The van der Waals surface area contributed by atoms with Gasteiger partial charge in [-0.25, -0.2) is 4.79 Å². The number of hydrogen-bond donors (Lipinski definition) is 3. The van der Waals surface area contributed by atoms with Gasteiger partial charge in [-0.05, 0) is 28.7 Å². The molecule has 0 saturated carbocycles. The van der Waals surface area contributed by atoms with Crippen molar-refractivity contribution in [3.63, 3.8) is 0 Å².